The normalized spacial score (nSPS) is 17.9. The van der Waals surface area contributed by atoms with Gasteiger partial charge >= 0.3 is 0 Å². The zero-order chi connectivity index (χ0) is 23.3. The highest BCUT2D eigenvalue weighted by atomic mass is 32.2. The molecule has 0 bridgehead atoms. The van der Waals surface area contributed by atoms with E-state index in [4.69, 9.17) is 0 Å². The Morgan fingerprint density at radius 1 is 0.970 bits per heavy atom. The van der Waals surface area contributed by atoms with Gasteiger partial charge < -0.3 is 5.32 Å². The highest BCUT2D eigenvalue weighted by Crippen LogP contribution is 2.26. The van der Waals surface area contributed by atoms with Crippen LogP contribution in [0.4, 0.5) is 4.39 Å². The molecule has 0 aliphatic carbocycles. The summed E-state index contributed by atoms with van der Waals surface area (Å²) >= 11 is 0. The summed E-state index contributed by atoms with van der Waals surface area (Å²) in [5.74, 6) is -1.09. The number of benzene rings is 3. The third-order valence-corrected chi connectivity index (χ3v) is 7.89. The third-order valence-electron chi connectivity index (χ3n) is 6.01. The van der Waals surface area contributed by atoms with Crippen LogP contribution < -0.4 is 5.32 Å². The monoisotopic (exact) mass is 466 g/mol. The maximum Gasteiger partial charge on any atom is 0.243 e. The molecular weight excluding hydrogens is 439 g/mol. The molecule has 4 rings (SSSR count). The van der Waals surface area contributed by atoms with Crippen molar-refractivity contribution in [3.63, 3.8) is 0 Å². The lowest BCUT2D eigenvalue weighted by atomic mass is 9.95. The zero-order valence-electron chi connectivity index (χ0n) is 18.2. The average molecular weight is 467 g/mol. The van der Waals surface area contributed by atoms with E-state index in [1.54, 1.807) is 0 Å². The summed E-state index contributed by atoms with van der Waals surface area (Å²) < 4.78 is 40.6. The van der Waals surface area contributed by atoms with Gasteiger partial charge in [0, 0.05) is 13.1 Å². The maximum absolute atomic E-state index is 13.2. The Morgan fingerprint density at radius 2 is 1.61 bits per heavy atom. The number of halogens is 1. The minimum atomic E-state index is -3.79. The predicted octanol–water partition coefficient (Wildman–Crippen LogP) is 4.33. The van der Waals surface area contributed by atoms with Crippen LogP contribution in [-0.2, 0) is 21.2 Å². The van der Waals surface area contributed by atoms with Gasteiger partial charge in [0.25, 0.3) is 0 Å². The van der Waals surface area contributed by atoms with E-state index < -0.39 is 21.8 Å². The fourth-order valence-corrected chi connectivity index (χ4v) is 5.73. The number of piperidine rings is 1. The van der Waals surface area contributed by atoms with E-state index in [0.29, 0.717) is 25.8 Å². The number of carbonyl (C=O) groups is 1. The van der Waals surface area contributed by atoms with Crippen molar-refractivity contribution in [2.24, 2.45) is 5.92 Å². The molecule has 33 heavy (non-hydrogen) atoms. The van der Waals surface area contributed by atoms with Gasteiger partial charge in [-0.2, -0.15) is 4.31 Å². The summed E-state index contributed by atoms with van der Waals surface area (Å²) in [5, 5.41) is 3.16. The fourth-order valence-electron chi connectivity index (χ4n) is 4.21. The number of hydrogen-bond acceptors (Lipinski definition) is 3. The number of hydrogen-bond donors (Lipinski definition) is 1. The summed E-state index contributed by atoms with van der Waals surface area (Å²) in [6.07, 6.45) is 1.85. The first-order valence-corrected chi connectivity index (χ1v) is 12.5. The van der Waals surface area contributed by atoms with E-state index in [-0.39, 0.29) is 23.4 Å². The summed E-state index contributed by atoms with van der Waals surface area (Å²) in [7, 11) is -3.79. The second-order valence-electron chi connectivity index (χ2n) is 8.32. The SMILES string of the molecule is O=C(NC(Cc1ccccc1)c1ccccc1)C1CCCN(S(=O)(=O)c2ccc(F)cc2)C1. The van der Waals surface area contributed by atoms with Gasteiger partial charge in [0.15, 0.2) is 0 Å². The fraction of sp³-hybridized carbons (Fsp3) is 0.269. The lowest BCUT2D eigenvalue weighted by Gasteiger charge is -2.32. The molecule has 5 nitrogen and oxygen atoms in total. The van der Waals surface area contributed by atoms with Crippen LogP contribution in [0.2, 0.25) is 0 Å². The van der Waals surface area contributed by atoms with Crippen LogP contribution in [0.5, 0.6) is 0 Å². The maximum atomic E-state index is 13.2. The predicted molar refractivity (Wildman–Crippen MR) is 125 cm³/mol. The van der Waals surface area contributed by atoms with E-state index >= 15 is 0 Å². The third kappa shape index (κ3) is 5.67. The van der Waals surface area contributed by atoms with Crippen molar-refractivity contribution in [3.05, 3.63) is 102 Å². The molecule has 0 spiro atoms. The van der Waals surface area contributed by atoms with Crippen LogP contribution in [0.3, 0.4) is 0 Å². The van der Waals surface area contributed by atoms with E-state index in [1.165, 1.54) is 16.4 Å². The van der Waals surface area contributed by atoms with Gasteiger partial charge in [-0.25, -0.2) is 12.8 Å². The van der Waals surface area contributed by atoms with Crippen molar-refractivity contribution in [2.75, 3.05) is 13.1 Å². The van der Waals surface area contributed by atoms with Crippen LogP contribution in [0.1, 0.15) is 30.0 Å². The average Bonchev–Trinajstić information content (AvgIpc) is 2.85. The molecule has 0 saturated carbocycles. The topological polar surface area (TPSA) is 66.5 Å². The minimum absolute atomic E-state index is 0.0381. The number of rotatable bonds is 7. The van der Waals surface area contributed by atoms with Crippen molar-refractivity contribution in [1.29, 1.82) is 0 Å². The molecule has 1 aliphatic rings. The van der Waals surface area contributed by atoms with Crippen molar-refractivity contribution >= 4 is 15.9 Å². The molecule has 0 radical (unpaired) electrons. The van der Waals surface area contributed by atoms with Crippen LogP contribution >= 0.6 is 0 Å². The highest BCUT2D eigenvalue weighted by molar-refractivity contribution is 7.89. The summed E-state index contributed by atoms with van der Waals surface area (Å²) in [6.45, 7) is 0.452. The molecular formula is C26H27FN2O3S. The highest BCUT2D eigenvalue weighted by Gasteiger charge is 2.34. The first-order chi connectivity index (χ1) is 15.9. The molecule has 1 heterocycles. The number of nitrogens with one attached hydrogen (secondary N) is 1. The molecule has 0 aromatic heterocycles. The molecule has 1 amide bonds. The molecule has 1 aliphatic heterocycles. The molecule has 2 atom stereocenters. The van der Waals surface area contributed by atoms with E-state index in [1.807, 2.05) is 60.7 Å². The van der Waals surface area contributed by atoms with Gasteiger partial charge in [0.2, 0.25) is 15.9 Å². The number of carbonyl (C=O) groups excluding carboxylic acids is 1. The van der Waals surface area contributed by atoms with Crippen LogP contribution in [0.15, 0.2) is 89.8 Å². The number of nitrogens with zero attached hydrogens (tertiary/aromatic N) is 1. The molecule has 1 fully saturated rings. The number of sulfonamides is 1. The van der Waals surface area contributed by atoms with Crippen LogP contribution in [0.25, 0.3) is 0 Å². The van der Waals surface area contributed by atoms with Crippen molar-refractivity contribution in [1.82, 2.24) is 9.62 Å². The Kier molecular flexibility index (Phi) is 7.20. The second-order valence-corrected chi connectivity index (χ2v) is 10.3. The Bertz CT molecular complexity index is 1170. The van der Waals surface area contributed by atoms with Gasteiger partial charge in [-0.05, 0) is 54.7 Å². The Morgan fingerprint density at radius 3 is 2.27 bits per heavy atom. The minimum Gasteiger partial charge on any atom is -0.349 e. The van der Waals surface area contributed by atoms with Gasteiger partial charge in [-0.3, -0.25) is 4.79 Å². The van der Waals surface area contributed by atoms with Crippen molar-refractivity contribution in [3.8, 4) is 0 Å². The molecule has 1 N–H and O–H groups in total. The zero-order valence-corrected chi connectivity index (χ0v) is 19.0. The Balaban J connectivity index is 1.49. The summed E-state index contributed by atoms with van der Waals surface area (Å²) in [4.78, 5) is 13.3. The lowest BCUT2D eigenvalue weighted by molar-refractivity contribution is -0.126. The van der Waals surface area contributed by atoms with Gasteiger partial charge in [0.05, 0.1) is 16.9 Å². The van der Waals surface area contributed by atoms with Gasteiger partial charge in [0.1, 0.15) is 5.82 Å². The molecule has 3 aromatic carbocycles. The Labute approximate surface area is 194 Å². The first kappa shape index (κ1) is 23.1. The van der Waals surface area contributed by atoms with Crippen molar-refractivity contribution in [2.45, 2.75) is 30.2 Å². The van der Waals surface area contributed by atoms with Crippen molar-refractivity contribution < 1.29 is 17.6 Å². The smallest absolute Gasteiger partial charge is 0.243 e. The lowest BCUT2D eigenvalue weighted by Crippen LogP contribution is -2.46. The van der Waals surface area contributed by atoms with Gasteiger partial charge in [-0.15, -0.1) is 0 Å². The van der Waals surface area contributed by atoms with Crippen LogP contribution in [-0.4, -0.2) is 31.7 Å². The standard InChI is InChI=1S/C26H27FN2O3S/c27-23-13-15-24(16-14-23)33(31,32)29-17-7-12-22(19-29)26(30)28-25(21-10-5-2-6-11-21)18-20-8-3-1-4-9-20/h1-6,8-11,13-16,22,25H,7,12,17-19H2,(H,28,30). The molecule has 7 heteroatoms. The quantitative estimate of drug-likeness (QED) is 0.564. The van der Waals surface area contributed by atoms with Gasteiger partial charge in [-0.1, -0.05) is 60.7 Å². The van der Waals surface area contributed by atoms with E-state index in [2.05, 4.69) is 5.32 Å². The molecule has 172 valence electrons. The molecule has 2 unspecified atom stereocenters. The van der Waals surface area contributed by atoms with E-state index in [0.717, 1.165) is 23.3 Å². The summed E-state index contributed by atoms with van der Waals surface area (Å²) in [6, 6.07) is 24.3. The number of amides is 1. The van der Waals surface area contributed by atoms with Crippen LogP contribution in [0, 0.1) is 11.7 Å². The second kappa shape index (κ2) is 10.3. The summed E-state index contributed by atoms with van der Waals surface area (Å²) in [5.41, 5.74) is 2.11. The first-order valence-electron chi connectivity index (χ1n) is 11.1. The Hall–Kier alpha value is -3.03. The van der Waals surface area contributed by atoms with E-state index in [9.17, 15) is 17.6 Å². The largest absolute Gasteiger partial charge is 0.349 e. The molecule has 3 aromatic rings. The molecule has 1 saturated heterocycles.